The molecule has 0 fully saturated rings. The van der Waals surface area contributed by atoms with Gasteiger partial charge in [-0.15, -0.1) is 0 Å². The van der Waals surface area contributed by atoms with E-state index < -0.39 is 0 Å². The molecule has 0 aliphatic carbocycles. The molecule has 1 amide bonds. The number of anilines is 1. The van der Waals surface area contributed by atoms with E-state index in [1.807, 2.05) is 19.1 Å². The van der Waals surface area contributed by atoms with E-state index >= 15 is 0 Å². The van der Waals surface area contributed by atoms with Gasteiger partial charge in [-0.25, -0.2) is 4.98 Å². The number of aromatic nitrogens is 2. The van der Waals surface area contributed by atoms with Crippen molar-refractivity contribution in [1.29, 1.82) is 0 Å². The highest BCUT2D eigenvalue weighted by atomic mass is 79.9. The predicted molar refractivity (Wildman–Crippen MR) is 71.5 cm³/mol. The van der Waals surface area contributed by atoms with Crippen molar-refractivity contribution in [1.82, 2.24) is 9.36 Å². The standard InChI is InChI=1S/C11H10BrN3OS/c1-6-4-3-5-8(9(6)12)10(16)14-11-13-7(2)15-17-11/h3-5H,1-2H3,(H,13,14,15,16). The predicted octanol–water partition coefficient (Wildman–Crippen LogP) is 3.17. The van der Waals surface area contributed by atoms with Crippen LogP contribution in [0.15, 0.2) is 22.7 Å². The maximum absolute atomic E-state index is 12.0. The van der Waals surface area contributed by atoms with Gasteiger partial charge in [0.25, 0.3) is 5.91 Å². The fourth-order valence-electron chi connectivity index (χ4n) is 1.34. The molecule has 0 aliphatic heterocycles. The smallest absolute Gasteiger partial charge is 0.258 e. The highest BCUT2D eigenvalue weighted by Crippen LogP contribution is 2.22. The summed E-state index contributed by atoms with van der Waals surface area (Å²) < 4.78 is 4.81. The maximum Gasteiger partial charge on any atom is 0.258 e. The average molecular weight is 312 g/mol. The van der Waals surface area contributed by atoms with E-state index in [4.69, 9.17) is 0 Å². The number of carbonyl (C=O) groups is 1. The molecule has 1 heterocycles. The molecule has 6 heteroatoms. The SMILES string of the molecule is Cc1nsc(NC(=O)c2cccc(C)c2Br)n1. The second kappa shape index (κ2) is 4.93. The number of hydrogen-bond acceptors (Lipinski definition) is 4. The Hall–Kier alpha value is -1.27. The minimum atomic E-state index is -0.184. The summed E-state index contributed by atoms with van der Waals surface area (Å²) in [5, 5.41) is 3.24. The lowest BCUT2D eigenvalue weighted by Crippen LogP contribution is -2.12. The Labute approximate surface area is 111 Å². The molecule has 2 aromatic rings. The summed E-state index contributed by atoms with van der Waals surface area (Å²) in [6, 6.07) is 5.55. The second-order valence-corrected chi connectivity index (χ2v) is 5.08. The molecular formula is C11H10BrN3OS. The molecule has 0 saturated heterocycles. The highest BCUT2D eigenvalue weighted by molar-refractivity contribution is 9.10. The molecule has 17 heavy (non-hydrogen) atoms. The Kier molecular flexibility index (Phi) is 3.54. The highest BCUT2D eigenvalue weighted by Gasteiger charge is 2.13. The van der Waals surface area contributed by atoms with Crippen LogP contribution in [-0.2, 0) is 0 Å². The van der Waals surface area contributed by atoms with Crippen LogP contribution in [0, 0.1) is 13.8 Å². The lowest BCUT2D eigenvalue weighted by atomic mass is 10.1. The fourth-order valence-corrected chi connectivity index (χ4v) is 2.35. The van der Waals surface area contributed by atoms with Gasteiger partial charge in [-0.3, -0.25) is 10.1 Å². The number of halogens is 1. The van der Waals surface area contributed by atoms with Gasteiger partial charge < -0.3 is 0 Å². The molecule has 4 nitrogen and oxygen atoms in total. The molecule has 0 aliphatic rings. The van der Waals surface area contributed by atoms with Crippen molar-refractivity contribution in [3.05, 3.63) is 39.6 Å². The molecule has 1 N–H and O–H groups in total. The van der Waals surface area contributed by atoms with Crippen molar-refractivity contribution in [2.45, 2.75) is 13.8 Å². The average Bonchev–Trinajstić information content (AvgIpc) is 2.68. The topological polar surface area (TPSA) is 54.9 Å². The zero-order valence-corrected chi connectivity index (χ0v) is 11.7. The van der Waals surface area contributed by atoms with E-state index in [0.717, 1.165) is 10.0 Å². The number of aryl methyl sites for hydroxylation is 2. The summed E-state index contributed by atoms with van der Waals surface area (Å²) in [7, 11) is 0. The minimum absolute atomic E-state index is 0.184. The van der Waals surface area contributed by atoms with Crippen LogP contribution in [-0.4, -0.2) is 15.3 Å². The van der Waals surface area contributed by atoms with Crippen molar-refractivity contribution in [3.63, 3.8) is 0 Å². The van der Waals surface area contributed by atoms with Gasteiger partial charge in [0.1, 0.15) is 5.82 Å². The van der Waals surface area contributed by atoms with Gasteiger partial charge in [0.05, 0.1) is 5.56 Å². The molecule has 0 radical (unpaired) electrons. The third-order valence-electron chi connectivity index (χ3n) is 2.18. The molecule has 1 aromatic carbocycles. The van der Waals surface area contributed by atoms with E-state index in [9.17, 15) is 4.79 Å². The second-order valence-electron chi connectivity index (χ2n) is 3.54. The van der Waals surface area contributed by atoms with Gasteiger partial charge in [-0.05, 0) is 41.4 Å². The molecule has 1 aromatic heterocycles. The van der Waals surface area contributed by atoms with Crippen LogP contribution in [0.1, 0.15) is 21.7 Å². The summed E-state index contributed by atoms with van der Waals surface area (Å²) in [6.45, 7) is 3.73. The van der Waals surface area contributed by atoms with Gasteiger partial charge in [0, 0.05) is 16.0 Å². The monoisotopic (exact) mass is 311 g/mol. The van der Waals surface area contributed by atoms with E-state index in [1.54, 1.807) is 13.0 Å². The van der Waals surface area contributed by atoms with Crippen LogP contribution in [0.4, 0.5) is 5.13 Å². The number of rotatable bonds is 2. The first-order chi connectivity index (χ1) is 8.08. The molecule has 0 bridgehead atoms. The van der Waals surface area contributed by atoms with Gasteiger partial charge in [-0.1, -0.05) is 12.1 Å². The van der Waals surface area contributed by atoms with E-state index in [0.29, 0.717) is 16.5 Å². The van der Waals surface area contributed by atoms with Crippen molar-refractivity contribution >= 4 is 38.5 Å². The lowest BCUT2D eigenvalue weighted by molar-refractivity contribution is 0.102. The number of amides is 1. The van der Waals surface area contributed by atoms with Gasteiger partial charge >= 0.3 is 0 Å². The zero-order chi connectivity index (χ0) is 12.4. The van der Waals surface area contributed by atoms with E-state index in [-0.39, 0.29) is 5.91 Å². The lowest BCUT2D eigenvalue weighted by Gasteiger charge is -2.05. The Balaban J connectivity index is 2.23. The minimum Gasteiger partial charge on any atom is -0.297 e. The first-order valence-electron chi connectivity index (χ1n) is 4.94. The Morgan fingerprint density at radius 1 is 1.41 bits per heavy atom. The summed E-state index contributed by atoms with van der Waals surface area (Å²) in [5.74, 6) is 0.477. The normalized spacial score (nSPS) is 10.3. The van der Waals surface area contributed by atoms with Gasteiger partial charge in [0.15, 0.2) is 0 Å². The van der Waals surface area contributed by atoms with Gasteiger partial charge in [-0.2, -0.15) is 4.37 Å². The Bertz CT molecular complexity index is 568. The number of carbonyl (C=O) groups excluding carboxylic acids is 1. The summed E-state index contributed by atoms with van der Waals surface area (Å²) in [5.41, 5.74) is 1.61. The fraction of sp³-hybridized carbons (Fsp3) is 0.182. The number of nitrogens with zero attached hydrogens (tertiary/aromatic N) is 2. The first-order valence-corrected chi connectivity index (χ1v) is 6.51. The van der Waals surface area contributed by atoms with Crippen LogP contribution in [0.25, 0.3) is 0 Å². The first kappa shape index (κ1) is 12.2. The van der Waals surface area contributed by atoms with Crippen LogP contribution in [0.2, 0.25) is 0 Å². The van der Waals surface area contributed by atoms with Crippen LogP contribution in [0.3, 0.4) is 0 Å². The largest absolute Gasteiger partial charge is 0.297 e. The summed E-state index contributed by atoms with van der Waals surface area (Å²) >= 11 is 4.58. The Morgan fingerprint density at radius 3 is 2.82 bits per heavy atom. The van der Waals surface area contributed by atoms with Crippen molar-refractivity contribution in [3.8, 4) is 0 Å². The Morgan fingerprint density at radius 2 is 2.18 bits per heavy atom. The number of nitrogens with one attached hydrogen (secondary N) is 1. The summed E-state index contributed by atoms with van der Waals surface area (Å²) in [6.07, 6.45) is 0. The number of hydrogen-bond donors (Lipinski definition) is 1. The molecular weight excluding hydrogens is 302 g/mol. The molecule has 0 saturated carbocycles. The molecule has 0 unspecified atom stereocenters. The molecule has 88 valence electrons. The van der Waals surface area contributed by atoms with Gasteiger partial charge in [0.2, 0.25) is 5.13 Å². The molecule has 2 rings (SSSR count). The van der Waals surface area contributed by atoms with Crippen molar-refractivity contribution in [2.75, 3.05) is 5.32 Å². The van der Waals surface area contributed by atoms with Crippen molar-refractivity contribution < 1.29 is 4.79 Å². The maximum atomic E-state index is 12.0. The number of benzene rings is 1. The van der Waals surface area contributed by atoms with Crippen LogP contribution < -0.4 is 5.32 Å². The third-order valence-corrected chi connectivity index (χ3v) is 3.96. The van der Waals surface area contributed by atoms with Crippen LogP contribution >= 0.6 is 27.5 Å². The summed E-state index contributed by atoms with van der Waals surface area (Å²) in [4.78, 5) is 16.1. The molecule has 0 atom stereocenters. The third kappa shape index (κ3) is 2.70. The van der Waals surface area contributed by atoms with Crippen molar-refractivity contribution in [2.24, 2.45) is 0 Å². The van der Waals surface area contributed by atoms with Crippen LogP contribution in [0.5, 0.6) is 0 Å². The zero-order valence-electron chi connectivity index (χ0n) is 9.32. The quantitative estimate of drug-likeness (QED) is 0.926. The van der Waals surface area contributed by atoms with E-state index in [2.05, 4.69) is 30.6 Å². The molecule has 0 spiro atoms. The van der Waals surface area contributed by atoms with E-state index in [1.165, 1.54) is 11.5 Å².